The molecule has 0 unspecified atom stereocenters. The van der Waals surface area contributed by atoms with E-state index >= 15 is 0 Å². The Kier molecular flexibility index (Phi) is 7.51. The maximum Gasteiger partial charge on any atom is 0.341 e. The quantitative estimate of drug-likeness (QED) is 0.269. The second kappa shape index (κ2) is 11.3. The van der Waals surface area contributed by atoms with Crippen molar-refractivity contribution in [1.82, 2.24) is 0 Å². The maximum atomic E-state index is 11.2. The zero-order valence-electron chi connectivity index (χ0n) is 20.5. The number of aliphatic carboxylic acids is 1. The molecule has 0 aliphatic heterocycles. The minimum absolute atomic E-state index is 0.369. The second-order valence-corrected chi connectivity index (χ2v) is 9.66. The molecule has 0 saturated heterocycles. The van der Waals surface area contributed by atoms with Gasteiger partial charge in [-0.15, -0.1) is 0 Å². The van der Waals surface area contributed by atoms with Crippen molar-refractivity contribution in [1.29, 1.82) is 0 Å². The largest absolute Gasteiger partial charge is 0.493 e. The van der Waals surface area contributed by atoms with Crippen LogP contribution in [0.4, 0.5) is 0 Å². The van der Waals surface area contributed by atoms with Crippen LogP contribution in [0.25, 0.3) is 21.9 Å². The lowest BCUT2D eigenvalue weighted by Gasteiger charge is -2.21. The molecule has 1 N–H and O–H groups in total. The van der Waals surface area contributed by atoms with Crippen LogP contribution < -0.4 is 9.47 Å². The first-order valence-electron chi connectivity index (χ1n) is 12.8. The molecular formula is C32H32O4. The van der Waals surface area contributed by atoms with E-state index in [9.17, 15) is 4.79 Å². The summed E-state index contributed by atoms with van der Waals surface area (Å²) in [7, 11) is 0. The van der Waals surface area contributed by atoms with Crippen LogP contribution in [0.5, 0.6) is 11.5 Å². The van der Waals surface area contributed by atoms with E-state index in [2.05, 4.69) is 48.5 Å². The van der Waals surface area contributed by atoms with Crippen LogP contribution in [0.15, 0.2) is 84.9 Å². The van der Waals surface area contributed by atoms with Gasteiger partial charge in [0.15, 0.2) is 6.61 Å². The van der Waals surface area contributed by atoms with Crippen LogP contribution in [-0.2, 0) is 11.2 Å². The molecule has 0 aromatic heterocycles. The molecular weight excluding hydrogens is 448 g/mol. The van der Waals surface area contributed by atoms with E-state index in [1.54, 1.807) is 0 Å². The van der Waals surface area contributed by atoms with Gasteiger partial charge in [-0.1, -0.05) is 79.9 Å². The van der Waals surface area contributed by atoms with Gasteiger partial charge in [0.1, 0.15) is 11.5 Å². The predicted molar refractivity (Wildman–Crippen MR) is 144 cm³/mol. The Morgan fingerprint density at radius 2 is 1.56 bits per heavy atom. The maximum absolute atomic E-state index is 11.2. The summed E-state index contributed by atoms with van der Waals surface area (Å²) in [5.41, 5.74) is 4.25. The van der Waals surface area contributed by atoms with E-state index in [0.29, 0.717) is 18.1 Å². The van der Waals surface area contributed by atoms with Gasteiger partial charge in [-0.05, 0) is 76.1 Å². The summed E-state index contributed by atoms with van der Waals surface area (Å²) in [6.07, 6.45) is 7.12. The SMILES string of the molecule is O=C(O)COc1ccc(-c2cccc(OCC3CCCCC3)c2)cc1Cc1cccc2ccccc12. The molecule has 4 aromatic rings. The Hall–Kier alpha value is -3.79. The Morgan fingerprint density at radius 3 is 2.42 bits per heavy atom. The monoisotopic (exact) mass is 480 g/mol. The standard InChI is InChI=1S/C32H32O4/c33-32(34)22-36-31-17-16-26(18-28(31)19-27-13-6-11-24-10-4-5-15-30(24)27)25-12-7-14-29(20-25)35-21-23-8-2-1-3-9-23/h4-7,10-18,20,23H,1-3,8-9,19,21-22H2,(H,33,34). The van der Waals surface area contributed by atoms with Gasteiger partial charge in [0.2, 0.25) is 0 Å². The Morgan fingerprint density at radius 1 is 0.778 bits per heavy atom. The van der Waals surface area contributed by atoms with Crippen molar-refractivity contribution in [3.05, 3.63) is 96.1 Å². The summed E-state index contributed by atoms with van der Waals surface area (Å²) < 4.78 is 11.9. The number of ether oxygens (including phenoxy) is 2. The van der Waals surface area contributed by atoms with Crippen molar-refractivity contribution in [3.8, 4) is 22.6 Å². The summed E-state index contributed by atoms with van der Waals surface area (Å²) in [6, 6.07) is 28.8. The molecule has 1 saturated carbocycles. The summed E-state index contributed by atoms with van der Waals surface area (Å²) in [6.45, 7) is 0.407. The average Bonchev–Trinajstić information content (AvgIpc) is 2.92. The number of carbonyl (C=O) groups is 1. The van der Waals surface area contributed by atoms with Gasteiger partial charge in [-0.25, -0.2) is 4.79 Å². The second-order valence-electron chi connectivity index (χ2n) is 9.66. The number of rotatable bonds is 9. The van der Waals surface area contributed by atoms with Gasteiger partial charge in [0.05, 0.1) is 6.61 Å². The van der Waals surface area contributed by atoms with Gasteiger partial charge in [0.25, 0.3) is 0 Å². The molecule has 0 heterocycles. The number of carboxylic acid groups (broad SMARTS) is 1. The molecule has 0 atom stereocenters. The molecule has 184 valence electrons. The van der Waals surface area contributed by atoms with Crippen LogP contribution in [0, 0.1) is 5.92 Å². The predicted octanol–water partition coefficient (Wildman–Crippen LogP) is 7.52. The topological polar surface area (TPSA) is 55.8 Å². The third-order valence-electron chi connectivity index (χ3n) is 7.05. The van der Waals surface area contributed by atoms with E-state index in [-0.39, 0.29) is 6.61 Å². The third-order valence-corrected chi connectivity index (χ3v) is 7.05. The highest BCUT2D eigenvalue weighted by atomic mass is 16.5. The van der Waals surface area contributed by atoms with Crippen molar-refractivity contribution in [2.45, 2.75) is 38.5 Å². The minimum atomic E-state index is -0.988. The van der Waals surface area contributed by atoms with Gasteiger partial charge >= 0.3 is 5.97 Å². The highest BCUT2D eigenvalue weighted by molar-refractivity contribution is 5.86. The van der Waals surface area contributed by atoms with Crippen LogP contribution in [0.1, 0.15) is 43.2 Å². The van der Waals surface area contributed by atoms with Crippen molar-refractivity contribution in [3.63, 3.8) is 0 Å². The van der Waals surface area contributed by atoms with Crippen molar-refractivity contribution >= 4 is 16.7 Å². The lowest BCUT2D eigenvalue weighted by molar-refractivity contribution is -0.139. The summed E-state index contributed by atoms with van der Waals surface area (Å²) in [5, 5.41) is 11.5. The molecule has 0 spiro atoms. The highest BCUT2D eigenvalue weighted by Crippen LogP contribution is 2.32. The molecule has 1 fully saturated rings. The van der Waals surface area contributed by atoms with Crippen LogP contribution in [0.2, 0.25) is 0 Å². The number of hydrogen-bond donors (Lipinski definition) is 1. The van der Waals surface area contributed by atoms with Gasteiger partial charge < -0.3 is 14.6 Å². The summed E-state index contributed by atoms with van der Waals surface area (Å²) >= 11 is 0. The number of carboxylic acids is 1. The van der Waals surface area contributed by atoms with Gasteiger partial charge in [-0.3, -0.25) is 0 Å². The van der Waals surface area contributed by atoms with Gasteiger partial charge in [0, 0.05) is 6.42 Å². The smallest absolute Gasteiger partial charge is 0.341 e. The molecule has 0 amide bonds. The van der Waals surface area contributed by atoms with Crippen LogP contribution >= 0.6 is 0 Å². The zero-order valence-corrected chi connectivity index (χ0v) is 20.5. The first-order chi connectivity index (χ1) is 17.7. The van der Waals surface area contributed by atoms with Crippen molar-refractivity contribution < 1.29 is 19.4 Å². The molecule has 4 aromatic carbocycles. The number of benzene rings is 4. The lowest BCUT2D eigenvalue weighted by atomic mass is 9.90. The number of hydrogen-bond acceptors (Lipinski definition) is 3. The van der Waals surface area contributed by atoms with Gasteiger partial charge in [-0.2, -0.15) is 0 Å². The molecule has 1 aliphatic carbocycles. The van der Waals surface area contributed by atoms with Crippen LogP contribution in [-0.4, -0.2) is 24.3 Å². The normalized spacial score (nSPS) is 14.0. The molecule has 1 aliphatic rings. The fraction of sp³-hybridized carbons (Fsp3) is 0.281. The molecule has 0 radical (unpaired) electrons. The Balaban J connectivity index is 1.42. The zero-order chi connectivity index (χ0) is 24.7. The van der Waals surface area contributed by atoms with Crippen molar-refractivity contribution in [2.75, 3.05) is 13.2 Å². The van der Waals surface area contributed by atoms with E-state index in [1.807, 2.05) is 36.4 Å². The summed E-state index contributed by atoms with van der Waals surface area (Å²) in [4.78, 5) is 11.2. The van der Waals surface area contributed by atoms with E-state index in [4.69, 9.17) is 14.6 Å². The molecule has 36 heavy (non-hydrogen) atoms. The Bertz CT molecular complexity index is 1330. The van der Waals surface area contributed by atoms with Crippen molar-refractivity contribution in [2.24, 2.45) is 5.92 Å². The minimum Gasteiger partial charge on any atom is -0.493 e. The van der Waals surface area contributed by atoms with E-state index in [0.717, 1.165) is 29.0 Å². The third kappa shape index (κ3) is 5.88. The molecule has 4 nitrogen and oxygen atoms in total. The molecule has 0 bridgehead atoms. The number of fused-ring (bicyclic) bond motifs is 1. The van der Waals surface area contributed by atoms with E-state index < -0.39 is 5.97 Å². The Labute approximate surface area is 212 Å². The average molecular weight is 481 g/mol. The fourth-order valence-corrected chi connectivity index (χ4v) is 5.16. The summed E-state index contributed by atoms with van der Waals surface area (Å²) in [5.74, 6) is 1.15. The molecule has 5 rings (SSSR count). The fourth-order valence-electron chi connectivity index (χ4n) is 5.16. The lowest BCUT2D eigenvalue weighted by Crippen LogP contribution is -2.15. The molecule has 4 heteroatoms. The highest BCUT2D eigenvalue weighted by Gasteiger charge is 2.15. The first kappa shape index (κ1) is 23.9. The van der Waals surface area contributed by atoms with E-state index in [1.165, 1.54) is 48.4 Å². The van der Waals surface area contributed by atoms with Crippen LogP contribution in [0.3, 0.4) is 0 Å². The first-order valence-corrected chi connectivity index (χ1v) is 12.8.